The molecule has 8 aromatic rings. The zero-order chi connectivity index (χ0) is 26.8. The van der Waals surface area contributed by atoms with Gasteiger partial charge >= 0.3 is 0 Å². The molecule has 6 heterocycles. The van der Waals surface area contributed by atoms with Gasteiger partial charge in [-0.25, -0.2) is 4.85 Å². The molecule has 0 atom stereocenters. The average Bonchev–Trinajstić information content (AvgIpc) is 3.81. The third-order valence-electron chi connectivity index (χ3n) is 6.77. The van der Waals surface area contributed by atoms with Gasteiger partial charge in [-0.15, -0.1) is 56.7 Å². The smallest absolute Gasteiger partial charge is 0.227 e. The van der Waals surface area contributed by atoms with Crippen LogP contribution in [0.1, 0.15) is 4.88 Å². The minimum absolute atomic E-state index is 0.734. The summed E-state index contributed by atoms with van der Waals surface area (Å²) >= 11 is 10.4. The van der Waals surface area contributed by atoms with Crippen molar-refractivity contribution in [3.05, 3.63) is 101 Å². The minimum atomic E-state index is 0.734. The van der Waals surface area contributed by atoms with Crippen molar-refractivity contribution in [2.75, 3.05) is 0 Å². The van der Waals surface area contributed by atoms with Crippen LogP contribution in [0.25, 0.3) is 74.8 Å². The van der Waals surface area contributed by atoms with E-state index in [1.807, 2.05) is 46.9 Å². The summed E-state index contributed by atoms with van der Waals surface area (Å²) in [4.78, 5) is 11.5. The molecule has 0 radical (unpaired) electrons. The highest BCUT2D eigenvalue weighted by Gasteiger charge is 2.16. The van der Waals surface area contributed by atoms with E-state index in [0.29, 0.717) is 0 Å². The standard InChI is InChI=1S/C32H14N2S6/c1-34-30-13-12-27(38-30)26-11-9-23(37-26)18-3-6-21-29(15-18)40-31-20-5-2-17(14-28(20)39-32(21)31)22-8-10-25(36-22)24-7-4-19(16-33)35-24/h2-15H. The molecule has 0 bridgehead atoms. The van der Waals surface area contributed by atoms with Crippen LogP contribution in [-0.2, 0) is 0 Å². The van der Waals surface area contributed by atoms with Gasteiger partial charge < -0.3 is 0 Å². The van der Waals surface area contributed by atoms with Crippen LogP contribution in [0.3, 0.4) is 0 Å². The van der Waals surface area contributed by atoms with Gasteiger partial charge in [0.1, 0.15) is 10.9 Å². The molecular weight excluding hydrogens is 605 g/mol. The van der Waals surface area contributed by atoms with E-state index in [1.165, 1.54) is 60.2 Å². The maximum Gasteiger partial charge on any atom is 0.241 e. The fourth-order valence-electron chi connectivity index (χ4n) is 4.86. The van der Waals surface area contributed by atoms with Gasteiger partial charge in [-0.2, -0.15) is 16.6 Å². The molecule has 40 heavy (non-hydrogen) atoms. The van der Waals surface area contributed by atoms with Crippen molar-refractivity contribution in [3.8, 4) is 46.5 Å². The third kappa shape index (κ3) is 3.96. The Labute approximate surface area is 253 Å². The normalized spacial score (nSPS) is 11.4. The Morgan fingerprint density at radius 1 is 0.525 bits per heavy atom. The Balaban J connectivity index is 1.13. The lowest BCUT2D eigenvalue weighted by atomic mass is 10.1. The van der Waals surface area contributed by atoms with Crippen LogP contribution in [0.4, 0.5) is 5.00 Å². The second kappa shape index (κ2) is 9.50. The van der Waals surface area contributed by atoms with Gasteiger partial charge in [-0.1, -0.05) is 30.3 Å². The van der Waals surface area contributed by atoms with Crippen molar-refractivity contribution in [3.63, 3.8) is 0 Å². The lowest BCUT2D eigenvalue weighted by Crippen LogP contribution is -1.71. The molecule has 0 aliphatic rings. The first-order valence-electron chi connectivity index (χ1n) is 12.2. The van der Waals surface area contributed by atoms with Crippen molar-refractivity contribution >= 4 is 103 Å². The number of hydrogen-bond donors (Lipinski definition) is 0. The van der Waals surface area contributed by atoms with Crippen LogP contribution in [-0.4, -0.2) is 0 Å². The number of fused-ring (bicyclic) bond motifs is 5. The molecule has 6 aromatic heterocycles. The van der Waals surface area contributed by atoms with E-state index in [1.54, 1.807) is 45.3 Å². The summed E-state index contributed by atoms with van der Waals surface area (Å²) in [6.45, 7) is 7.24. The Bertz CT molecular complexity index is 2150. The van der Waals surface area contributed by atoms with E-state index in [0.717, 1.165) is 19.6 Å². The molecule has 2 nitrogen and oxygen atoms in total. The highest BCUT2D eigenvalue weighted by molar-refractivity contribution is 7.36. The molecule has 0 spiro atoms. The quantitative estimate of drug-likeness (QED) is 0.180. The molecule has 0 saturated heterocycles. The molecule has 0 aliphatic carbocycles. The maximum absolute atomic E-state index is 9.16. The van der Waals surface area contributed by atoms with Crippen molar-refractivity contribution < 1.29 is 0 Å². The number of thiophene rings is 6. The van der Waals surface area contributed by atoms with Gasteiger partial charge in [0.05, 0.1) is 16.0 Å². The van der Waals surface area contributed by atoms with Crippen molar-refractivity contribution in [1.82, 2.24) is 0 Å². The van der Waals surface area contributed by atoms with Gasteiger partial charge in [-0.05, 0) is 65.7 Å². The number of benzene rings is 2. The zero-order valence-electron chi connectivity index (χ0n) is 20.4. The highest BCUT2D eigenvalue weighted by Crippen LogP contribution is 2.47. The van der Waals surface area contributed by atoms with Crippen molar-refractivity contribution in [1.29, 1.82) is 5.26 Å². The fraction of sp³-hybridized carbons (Fsp3) is 0. The van der Waals surface area contributed by atoms with Gasteiger partial charge in [0.2, 0.25) is 5.00 Å². The Kier molecular flexibility index (Phi) is 5.75. The SMILES string of the molecule is [C-]#[N+]c1ccc(-c2ccc(-c3ccc4c(c3)sc3c5ccc(-c6ccc(-c7ccc(C#N)s7)s6)cc5sc43)s2)s1. The van der Waals surface area contributed by atoms with E-state index in [4.69, 9.17) is 11.8 Å². The molecule has 0 fully saturated rings. The fourth-order valence-corrected chi connectivity index (χ4v) is 11.4. The molecular formula is C32H14N2S6. The van der Waals surface area contributed by atoms with Crippen LogP contribution < -0.4 is 0 Å². The topological polar surface area (TPSA) is 28.1 Å². The van der Waals surface area contributed by atoms with Gasteiger partial charge in [0, 0.05) is 49.4 Å². The van der Waals surface area contributed by atoms with Crippen LogP contribution in [0.15, 0.2) is 84.9 Å². The molecule has 0 saturated carbocycles. The summed E-state index contributed by atoms with van der Waals surface area (Å²) in [5.74, 6) is 0. The molecule has 0 N–H and O–H groups in total. The molecule has 8 heteroatoms. The van der Waals surface area contributed by atoms with Crippen LogP contribution in [0.5, 0.6) is 0 Å². The van der Waals surface area contributed by atoms with E-state index >= 15 is 0 Å². The van der Waals surface area contributed by atoms with Gasteiger partial charge in [0.15, 0.2) is 0 Å². The number of rotatable bonds is 4. The van der Waals surface area contributed by atoms with Crippen molar-refractivity contribution in [2.24, 2.45) is 0 Å². The summed E-state index contributed by atoms with van der Waals surface area (Å²) < 4.78 is 5.37. The van der Waals surface area contributed by atoms with Gasteiger partial charge in [-0.3, -0.25) is 0 Å². The predicted octanol–water partition coefficient (Wildman–Crippen LogP) is 12.6. The molecule has 2 aromatic carbocycles. The van der Waals surface area contributed by atoms with E-state index in [2.05, 4.69) is 71.6 Å². The summed E-state index contributed by atoms with van der Waals surface area (Å²) in [6.07, 6.45) is 0. The second-order valence-electron chi connectivity index (χ2n) is 9.14. The summed E-state index contributed by atoms with van der Waals surface area (Å²) in [5.41, 5.74) is 2.48. The number of nitriles is 1. The third-order valence-corrected chi connectivity index (χ3v) is 13.9. The lowest BCUT2D eigenvalue weighted by molar-refractivity contribution is 1.52. The highest BCUT2D eigenvalue weighted by atomic mass is 32.1. The minimum Gasteiger partial charge on any atom is -0.227 e. The second-order valence-corrected chi connectivity index (χ2v) is 15.6. The Hall–Kier alpha value is -3.60. The number of nitrogens with zero attached hydrogens (tertiary/aromatic N) is 2. The first-order valence-corrected chi connectivity index (χ1v) is 17.1. The number of hydrogen-bond acceptors (Lipinski definition) is 7. The predicted molar refractivity (Wildman–Crippen MR) is 179 cm³/mol. The summed E-state index contributed by atoms with van der Waals surface area (Å²) in [5, 5.41) is 12.5. The largest absolute Gasteiger partial charge is 0.241 e. The summed E-state index contributed by atoms with van der Waals surface area (Å²) in [6, 6.07) is 32.6. The molecule has 188 valence electrons. The van der Waals surface area contributed by atoms with E-state index < -0.39 is 0 Å². The van der Waals surface area contributed by atoms with Crippen LogP contribution >= 0.6 is 68.0 Å². The molecule has 8 rings (SSSR count). The Morgan fingerprint density at radius 3 is 1.55 bits per heavy atom. The monoisotopic (exact) mass is 618 g/mol. The van der Waals surface area contributed by atoms with Gasteiger partial charge in [0.25, 0.3) is 0 Å². The zero-order valence-corrected chi connectivity index (χ0v) is 25.3. The maximum atomic E-state index is 9.16. The average molecular weight is 619 g/mol. The first-order chi connectivity index (χ1) is 19.7. The summed E-state index contributed by atoms with van der Waals surface area (Å²) in [7, 11) is 0. The van der Waals surface area contributed by atoms with Crippen LogP contribution in [0.2, 0.25) is 0 Å². The molecule has 0 aliphatic heterocycles. The van der Waals surface area contributed by atoms with Crippen molar-refractivity contribution in [2.45, 2.75) is 0 Å². The molecule has 0 unspecified atom stereocenters. The first kappa shape index (κ1) is 24.2. The lowest BCUT2D eigenvalue weighted by Gasteiger charge is -1.99. The van der Waals surface area contributed by atoms with E-state index in [9.17, 15) is 0 Å². The van der Waals surface area contributed by atoms with E-state index in [-0.39, 0.29) is 0 Å². The molecule has 0 amide bonds. The van der Waals surface area contributed by atoms with Crippen LogP contribution in [0, 0.1) is 17.9 Å². The Morgan fingerprint density at radius 2 is 1.02 bits per heavy atom.